The van der Waals surface area contributed by atoms with E-state index < -0.39 is 11.0 Å². The van der Waals surface area contributed by atoms with Crippen molar-refractivity contribution in [1.82, 2.24) is 3.97 Å². The fourth-order valence-electron chi connectivity index (χ4n) is 2.69. The van der Waals surface area contributed by atoms with Crippen molar-refractivity contribution in [3.05, 3.63) is 76.9 Å². The van der Waals surface area contributed by atoms with Crippen LogP contribution in [0.4, 0.5) is 0 Å². The van der Waals surface area contributed by atoms with Gasteiger partial charge in [-0.3, -0.25) is 3.97 Å². The molecule has 0 saturated heterocycles. The van der Waals surface area contributed by atoms with Gasteiger partial charge in [-0.1, -0.05) is 56.6 Å². The van der Waals surface area contributed by atoms with Gasteiger partial charge in [0.1, 0.15) is 0 Å². The molecule has 0 radical (unpaired) electrons. The number of aryl methyl sites for hydroxylation is 1. The van der Waals surface area contributed by atoms with Gasteiger partial charge in [0, 0.05) is 28.6 Å². The molecule has 5 heteroatoms. The van der Waals surface area contributed by atoms with Gasteiger partial charge in [-0.25, -0.2) is 4.21 Å². The minimum atomic E-state index is -1.39. The van der Waals surface area contributed by atoms with Crippen LogP contribution in [0.5, 0.6) is 0 Å². The van der Waals surface area contributed by atoms with Crippen LogP contribution in [0.3, 0.4) is 0 Å². The molecular weight excluding hydrogens is 364 g/mol. The van der Waals surface area contributed by atoms with Crippen molar-refractivity contribution >= 4 is 28.8 Å². The van der Waals surface area contributed by atoms with Crippen LogP contribution in [0.2, 0.25) is 5.02 Å². The summed E-state index contributed by atoms with van der Waals surface area (Å²) in [5, 5.41) is 8.33. The number of nitrogens with zero attached hydrogens (tertiary/aromatic N) is 1. The second-order valence-corrected chi connectivity index (χ2v) is 7.11. The van der Waals surface area contributed by atoms with Crippen molar-refractivity contribution in [3.8, 4) is 11.3 Å². The Hall–Kier alpha value is -2.17. The first-order valence-corrected chi connectivity index (χ1v) is 10.1. The lowest BCUT2D eigenvalue weighted by atomic mass is 10.0. The standard InChI is InChI=1S/C19H17ClN2OS.C2H6/c1-2-14-8-9-16(20)12-18(14)19-15(13-21)10-11-22(19)24(23)17-6-4-3-5-7-17;1-2/h3-13,21H,2H2,1H3;1-2H3. The van der Waals surface area contributed by atoms with E-state index in [-0.39, 0.29) is 0 Å². The highest BCUT2D eigenvalue weighted by Crippen LogP contribution is 2.32. The zero-order chi connectivity index (χ0) is 19.1. The van der Waals surface area contributed by atoms with E-state index in [2.05, 4.69) is 6.92 Å². The summed E-state index contributed by atoms with van der Waals surface area (Å²) in [5.74, 6) is 0. The number of nitrogens with one attached hydrogen (secondary N) is 1. The van der Waals surface area contributed by atoms with Gasteiger partial charge in [0.15, 0.2) is 11.0 Å². The fraction of sp³-hybridized carbons (Fsp3) is 0.190. The molecule has 0 spiro atoms. The lowest BCUT2D eigenvalue weighted by molar-refractivity contribution is 0.678. The number of hydrogen-bond donors (Lipinski definition) is 1. The third-order valence-electron chi connectivity index (χ3n) is 3.87. The van der Waals surface area contributed by atoms with E-state index in [0.29, 0.717) is 9.92 Å². The van der Waals surface area contributed by atoms with Gasteiger partial charge < -0.3 is 5.41 Å². The summed E-state index contributed by atoms with van der Waals surface area (Å²) >= 11 is 6.19. The third-order valence-corrected chi connectivity index (χ3v) is 5.44. The van der Waals surface area contributed by atoms with Gasteiger partial charge in [0.25, 0.3) is 0 Å². The smallest absolute Gasteiger partial charge is 0.157 e. The maximum atomic E-state index is 13.0. The van der Waals surface area contributed by atoms with Crippen LogP contribution >= 0.6 is 11.6 Å². The first-order chi connectivity index (χ1) is 12.7. The van der Waals surface area contributed by atoms with E-state index >= 15 is 0 Å². The Morgan fingerprint density at radius 2 is 1.81 bits per heavy atom. The van der Waals surface area contributed by atoms with E-state index in [1.807, 2.05) is 68.4 Å². The van der Waals surface area contributed by atoms with Crippen LogP contribution in [0.25, 0.3) is 11.3 Å². The van der Waals surface area contributed by atoms with Crippen LogP contribution in [-0.2, 0) is 17.4 Å². The number of halogens is 1. The Morgan fingerprint density at radius 3 is 2.42 bits per heavy atom. The number of aromatic nitrogens is 1. The quantitative estimate of drug-likeness (QED) is 0.540. The molecule has 0 aliphatic heterocycles. The molecule has 0 saturated carbocycles. The van der Waals surface area contributed by atoms with E-state index in [1.54, 1.807) is 10.2 Å². The zero-order valence-electron chi connectivity index (χ0n) is 15.2. The van der Waals surface area contributed by atoms with E-state index in [4.69, 9.17) is 17.0 Å². The normalized spacial score (nSPS) is 11.4. The van der Waals surface area contributed by atoms with Crippen LogP contribution in [0.15, 0.2) is 65.7 Å². The lowest BCUT2D eigenvalue weighted by Crippen LogP contribution is -2.07. The molecule has 0 amide bonds. The Morgan fingerprint density at radius 1 is 1.12 bits per heavy atom. The molecule has 0 aliphatic rings. The molecule has 26 heavy (non-hydrogen) atoms. The molecule has 1 heterocycles. The van der Waals surface area contributed by atoms with Crippen molar-refractivity contribution in [1.29, 1.82) is 5.41 Å². The number of rotatable bonds is 5. The maximum absolute atomic E-state index is 13.0. The van der Waals surface area contributed by atoms with Crippen molar-refractivity contribution in [2.24, 2.45) is 0 Å². The van der Waals surface area contributed by atoms with Gasteiger partial charge in [-0.2, -0.15) is 0 Å². The second kappa shape index (κ2) is 9.51. The minimum Gasteiger partial charge on any atom is -0.308 e. The Kier molecular flexibility index (Phi) is 7.37. The van der Waals surface area contributed by atoms with Crippen molar-refractivity contribution in [3.63, 3.8) is 0 Å². The van der Waals surface area contributed by atoms with Gasteiger partial charge >= 0.3 is 0 Å². The van der Waals surface area contributed by atoms with Crippen molar-refractivity contribution < 1.29 is 4.21 Å². The van der Waals surface area contributed by atoms with Gasteiger partial charge in [0.2, 0.25) is 0 Å². The van der Waals surface area contributed by atoms with E-state index in [1.165, 1.54) is 6.21 Å². The monoisotopic (exact) mass is 386 g/mol. The predicted octanol–water partition coefficient (Wildman–Crippen LogP) is 5.97. The van der Waals surface area contributed by atoms with Gasteiger partial charge in [-0.15, -0.1) is 0 Å². The Bertz CT molecular complexity index is 904. The summed E-state index contributed by atoms with van der Waals surface area (Å²) in [6.45, 7) is 6.07. The number of benzene rings is 2. The summed E-state index contributed by atoms with van der Waals surface area (Å²) in [6, 6.07) is 16.8. The summed E-state index contributed by atoms with van der Waals surface area (Å²) in [5.41, 5.74) is 3.49. The molecule has 0 fully saturated rings. The lowest BCUT2D eigenvalue weighted by Gasteiger charge is -2.14. The van der Waals surface area contributed by atoms with Crippen LogP contribution in [-0.4, -0.2) is 14.4 Å². The number of hydrogen-bond acceptors (Lipinski definition) is 2. The van der Waals surface area contributed by atoms with E-state index in [9.17, 15) is 4.21 Å². The summed E-state index contributed by atoms with van der Waals surface area (Å²) in [7, 11) is -1.39. The summed E-state index contributed by atoms with van der Waals surface area (Å²) in [6.07, 6.45) is 3.88. The van der Waals surface area contributed by atoms with Crippen molar-refractivity contribution in [2.45, 2.75) is 32.1 Å². The molecule has 1 aromatic heterocycles. The second-order valence-electron chi connectivity index (χ2n) is 5.31. The molecule has 0 aliphatic carbocycles. The first kappa shape index (κ1) is 20.1. The summed E-state index contributed by atoms with van der Waals surface area (Å²) < 4.78 is 14.7. The molecule has 1 unspecified atom stereocenters. The SMILES string of the molecule is CC.CCc1ccc(Cl)cc1-c1c(C=N)ccn1S(=O)c1ccccc1. The molecule has 3 aromatic rings. The zero-order valence-corrected chi connectivity index (χ0v) is 16.8. The average Bonchev–Trinajstić information content (AvgIpc) is 3.13. The van der Waals surface area contributed by atoms with Gasteiger partial charge in [-0.05, 0) is 42.3 Å². The van der Waals surface area contributed by atoms with Crippen LogP contribution in [0, 0.1) is 5.41 Å². The highest BCUT2D eigenvalue weighted by molar-refractivity contribution is 7.83. The average molecular weight is 387 g/mol. The van der Waals surface area contributed by atoms with Crippen LogP contribution < -0.4 is 0 Å². The fourth-order valence-corrected chi connectivity index (χ4v) is 4.02. The molecule has 1 N–H and O–H groups in total. The highest BCUT2D eigenvalue weighted by atomic mass is 35.5. The van der Waals surface area contributed by atoms with E-state index in [0.717, 1.165) is 28.8 Å². The molecule has 0 bridgehead atoms. The minimum absolute atomic E-state index is 0.622. The van der Waals surface area contributed by atoms with Crippen molar-refractivity contribution in [2.75, 3.05) is 0 Å². The molecule has 3 nitrogen and oxygen atoms in total. The van der Waals surface area contributed by atoms with Crippen LogP contribution in [0.1, 0.15) is 31.9 Å². The highest BCUT2D eigenvalue weighted by Gasteiger charge is 2.18. The summed E-state index contributed by atoms with van der Waals surface area (Å²) in [4.78, 5) is 0.714. The Balaban J connectivity index is 0.00000117. The predicted molar refractivity (Wildman–Crippen MR) is 112 cm³/mol. The first-order valence-electron chi connectivity index (χ1n) is 8.63. The molecular formula is C21H23ClN2OS. The molecule has 136 valence electrons. The molecule has 1 atom stereocenters. The molecule has 3 rings (SSSR count). The Labute approximate surface area is 162 Å². The molecule has 2 aromatic carbocycles. The largest absolute Gasteiger partial charge is 0.308 e. The van der Waals surface area contributed by atoms with Gasteiger partial charge in [0.05, 0.1) is 10.6 Å². The maximum Gasteiger partial charge on any atom is 0.157 e. The third kappa shape index (κ3) is 4.14. The topological polar surface area (TPSA) is 45.9 Å².